The van der Waals surface area contributed by atoms with Gasteiger partial charge in [0.15, 0.2) is 0 Å². The molecule has 15 heavy (non-hydrogen) atoms. The number of aromatic nitrogens is 2. The van der Waals surface area contributed by atoms with Crippen molar-refractivity contribution < 1.29 is 0 Å². The van der Waals surface area contributed by atoms with E-state index in [0.717, 1.165) is 16.1 Å². The Morgan fingerprint density at radius 3 is 2.80 bits per heavy atom. The second-order valence-electron chi connectivity index (χ2n) is 2.89. The summed E-state index contributed by atoms with van der Waals surface area (Å²) >= 11 is 5.11. The minimum Gasteiger partial charge on any atom is -0.382 e. The smallest absolute Gasteiger partial charge is 0.144 e. The molecule has 0 bridgehead atoms. The minimum absolute atomic E-state index is 0.430. The van der Waals surface area contributed by atoms with E-state index in [1.807, 2.05) is 6.07 Å². The minimum atomic E-state index is 0.430. The zero-order valence-corrected chi connectivity index (χ0v) is 10.2. The number of nitrogens with zero attached hydrogens (tertiary/aromatic N) is 2. The van der Waals surface area contributed by atoms with E-state index < -0.39 is 0 Å². The van der Waals surface area contributed by atoms with E-state index in [1.54, 1.807) is 17.5 Å². The van der Waals surface area contributed by atoms with Crippen molar-refractivity contribution in [2.45, 2.75) is 6.54 Å². The second kappa shape index (κ2) is 4.59. The molecule has 78 valence electrons. The lowest BCUT2D eigenvalue weighted by molar-refractivity contribution is 1.11. The van der Waals surface area contributed by atoms with E-state index in [4.69, 9.17) is 5.73 Å². The highest BCUT2D eigenvalue weighted by Gasteiger charge is 1.98. The second-order valence-corrected chi connectivity index (χ2v) is 5.43. The summed E-state index contributed by atoms with van der Waals surface area (Å²) < 4.78 is 1.13. The molecule has 0 aliphatic heterocycles. The third-order valence-electron chi connectivity index (χ3n) is 1.74. The number of hydrogen-bond donors (Lipinski definition) is 2. The molecule has 0 aromatic carbocycles. The first-order chi connectivity index (χ1) is 7.24. The quantitative estimate of drug-likeness (QED) is 0.909. The zero-order chi connectivity index (χ0) is 10.7. The summed E-state index contributed by atoms with van der Waals surface area (Å²) in [5.41, 5.74) is 5.43. The molecular weight excluding hydrogens is 276 g/mol. The number of halogens is 1. The van der Waals surface area contributed by atoms with Crippen LogP contribution in [-0.4, -0.2) is 9.97 Å². The van der Waals surface area contributed by atoms with Crippen molar-refractivity contribution in [1.29, 1.82) is 0 Å². The summed E-state index contributed by atoms with van der Waals surface area (Å²) in [5, 5.41) is 3.16. The summed E-state index contributed by atoms with van der Waals surface area (Å²) in [4.78, 5) is 9.27. The maximum Gasteiger partial charge on any atom is 0.144 e. The lowest BCUT2D eigenvalue weighted by Crippen LogP contribution is -2.01. The van der Waals surface area contributed by atoms with Crippen LogP contribution in [0, 0.1) is 0 Å². The zero-order valence-electron chi connectivity index (χ0n) is 7.77. The molecule has 0 amide bonds. The third kappa shape index (κ3) is 2.90. The Balaban J connectivity index is 1.96. The summed E-state index contributed by atoms with van der Waals surface area (Å²) in [7, 11) is 0. The molecule has 0 radical (unpaired) electrons. The molecule has 2 rings (SSSR count). The van der Waals surface area contributed by atoms with Crippen LogP contribution in [0.15, 0.2) is 28.3 Å². The lowest BCUT2D eigenvalue weighted by Gasteiger charge is -2.02. The van der Waals surface area contributed by atoms with Gasteiger partial charge in [0.2, 0.25) is 0 Å². The van der Waals surface area contributed by atoms with Gasteiger partial charge in [0.05, 0.1) is 22.7 Å². The largest absolute Gasteiger partial charge is 0.382 e. The van der Waals surface area contributed by atoms with Crippen LogP contribution < -0.4 is 11.1 Å². The molecule has 2 heterocycles. The molecule has 4 nitrogen and oxygen atoms in total. The molecule has 0 unspecified atom stereocenters. The van der Waals surface area contributed by atoms with Gasteiger partial charge in [0.25, 0.3) is 0 Å². The average molecular weight is 285 g/mol. The van der Waals surface area contributed by atoms with Crippen molar-refractivity contribution in [3.8, 4) is 0 Å². The monoisotopic (exact) mass is 284 g/mol. The molecule has 2 aromatic rings. The fourth-order valence-electron chi connectivity index (χ4n) is 1.05. The Hall–Kier alpha value is -1.14. The predicted molar refractivity (Wildman–Crippen MR) is 65.8 cm³/mol. The molecule has 0 aliphatic rings. The number of hydrogen-bond acceptors (Lipinski definition) is 5. The SMILES string of the molecule is Nc1cnc(NCc2ccc(Br)s2)cn1. The molecule has 0 saturated carbocycles. The van der Waals surface area contributed by atoms with Crippen molar-refractivity contribution in [3.05, 3.63) is 33.2 Å². The first-order valence-corrected chi connectivity index (χ1v) is 5.90. The molecule has 2 aromatic heterocycles. The van der Waals surface area contributed by atoms with E-state index in [1.165, 1.54) is 11.1 Å². The molecule has 0 saturated heterocycles. The van der Waals surface area contributed by atoms with E-state index in [0.29, 0.717) is 5.82 Å². The van der Waals surface area contributed by atoms with Gasteiger partial charge in [-0.3, -0.25) is 0 Å². The normalized spacial score (nSPS) is 10.2. The molecule has 6 heteroatoms. The van der Waals surface area contributed by atoms with Crippen molar-refractivity contribution in [3.63, 3.8) is 0 Å². The lowest BCUT2D eigenvalue weighted by atomic mass is 10.4. The van der Waals surface area contributed by atoms with Crippen LogP contribution in [0.1, 0.15) is 4.88 Å². The fraction of sp³-hybridized carbons (Fsp3) is 0.111. The van der Waals surface area contributed by atoms with Gasteiger partial charge < -0.3 is 11.1 Å². The van der Waals surface area contributed by atoms with Gasteiger partial charge in [-0.15, -0.1) is 11.3 Å². The molecule has 0 fully saturated rings. The van der Waals surface area contributed by atoms with E-state index >= 15 is 0 Å². The van der Waals surface area contributed by atoms with Gasteiger partial charge in [-0.2, -0.15) is 0 Å². The van der Waals surface area contributed by atoms with Crippen LogP contribution in [0.25, 0.3) is 0 Å². The van der Waals surface area contributed by atoms with Gasteiger partial charge >= 0.3 is 0 Å². The van der Waals surface area contributed by atoms with Crippen LogP contribution >= 0.6 is 27.3 Å². The van der Waals surface area contributed by atoms with Crippen LogP contribution in [0.2, 0.25) is 0 Å². The number of nitrogens with one attached hydrogen (secondary N) is 1. The van der Waals surface area contributed by atoms with Crippen LogP contribution in [0.3, 0.4) is 0 Å². The number of nitrogens with two attached hydrogens (primary N) is 1. The Morgan fingerprint density at radius 1 is 1.33 bits per heavy atom. The van der Waals surface area contributed by atoms with E-state index in [-0.39, 0.29) is 0 Å². The standard InChI is InChI=1S/C9H9BrN4S/c10-7-2-1-6(15-7)3-13-9-5-12-8(11)4-14-9/h1-2,4-5H,3H2,(H2,11,12)(H,13,14). The number of rotatable bonds is 3. The van der Waals surface area contributed by atoms with Crippen LogP contribution in [0.4, 0.5) is 11.6 Å². The molecular formula is C9H9BrN4S. The number of thiophene rings is 1. The van der Waals surface area contributed by atoms with Crippen molar-refractivity contribution in [2.75, 3.05) is 11.1 Å². The Labute approximate surface area is 99.7 Å². The number of nitrogen functional groups attached to an aromatic ring is 1. The van der Waals surface area contributed by atoms with Gasteiger partial charge in [0.1, 0.15) is 11.6 Å². The third-order valence-corrected chi connectivity index (χ3v) is 3.37. The van der Waals surface area contributed by atoms with Gasteiger partial charge in [-0.05, 0) is 28.1 Å². The average Bonchev–Trinajstić information content (AvgIpc) is 2.64. The molecule has 0 spiro atoms. The first-order valence-electron chi connectivity index (χ1n) is 4.29. The van der Waals surface area contributed by atoms with Gasteiger partial charge in [-0.1, -0.05) is 0 Å². The maximum atomic E-state index is 5.43. The van der Waals surface area contributed by atoms with E-state index in [2.05, 4.69) is 37.3 Å². The van der Waals surface area contributed by atoms with E-state index in [9.17, 15) is 0 Å². The van der Waals surface area contributed by atoms with Crippen LogP contribution in [0.5, 0.6) is 0 Å². The first kappa shape index (κ1) is 10.4. The highest BCUT2D eigenvalue weighted by atomic mass is 79.9. The Morgan fingerprint density at radius 2 is 2.20 bits per heavy atom. The molecule has 0 aliphatic carbocycles. The summed E-state index contributed by atoms with van der Waals surface area (Å²) in [6.45, 7) is 0.745. The highest BCUT2D eigenvalue weighted by molar-refractivity contribution is 9.11. The summed E-state index contributed by atoms with van der Waals surface area (Å²) in [6, 6.07) is 4.09. The fourth-order valence-corrected chi connectivity index (χ4v) is 2.48. The van der Waals surface area contributed by atoms with Crippen molar-refractivity contribution in [1.82, 2.24) is 9.97 Å². The highest BCUT2D eigenvalue weighted by Crippen LogP contribution is 2.22. The van der Waals surface area contributed by atoms with Crippen LogP contribution in [-0.2, 0) is 6.54 Å². The van der Waals surface area contributed by atoms with Gasteiger partial charge in [-0.25, -0.2) is 9.97 Å². The molecule has 3 N–H and O–H groups in total. The van der Waals surface area contributed by atoms with Gasteiger partial charge in [0, 0.05) is 4.88 Å². The molecule has 0 atom stereocenters. The van der Waals surface area contributed by atoms with Crippen molar-refractivity contribution >= 4 is 38.9 Å². The Kier molecular flexibility index (Phi) is 3.17. The summed E-state index contributed by atoms with van der Waals surface area (Å²) in [6.07, 6.45) is 3.16. The number of anilines is 2. The maximum absolute atomic E-state index is 5.43. The Bertz CT molecular complexity index is 440. The predicted octanol–water partition coefficient (Wildman–Crippen LogP) is 2.49. The van der Waals surface area contributed by atoms with Crippen molar-refractivity contribution in [2.24, 2.45) is 0 Å². The topological polar surface area (TPSA) is 63.8 Å². The summed E-state index contributed by atoms with van der Waals surface area (Å²) in [5.74, 6) is 1.16.